The van der Waals surface area contributed by atoms with Crippen molar-refractivity contribution in [1.29, 1.82) is 0 Å². The van der Waals surface area contributed by atoms with Gasteiger partial charge >= 0.3 is 0 Å². The highest BCUT2D eigenvalue weighted by Gasteiger charge is 2.12. The normalized spacial score (nSPS) is 10.3. The van der Waals surface area contributed by atoms with Crippen molar-refractivity contribution in [3.63, 3.8) is 0 Å². The summed E-state index contributed by atoms with van der Waals surface area (Å²) in [7, 11) is 0. The van der Waals surface area contributed by atoms with Crippen LogP contribution in [0.15, 0.2) is 12.1 Å². The van der Waals surface area contributed by atoms with Gasteiger partial charge in [0.25, 0.3) is 0 Å². The van der Waals surface area contributed by atoms with Gasteiger partial charge in [0.2, 0.25) is 5.91 Å². The topological polar surface area (TPSA) is 52.6 Å². The number of amides is 1. The number of rotatable bonds is 5. The van der Waals surface area contributed by atoms with Crippen LogP contribution in [0.25, 0.3) is 0 Å². The molecule has 0 aliphatic heterocycles. The van der Waals surface area contributed by atoms with Gasteiger partial charge in [-0.05, 0) is 38.0 Å². The second kappa shape index (κ2) is 6.40. The Bertz CT molecular complexity index is 430. The molecule has 1 rings (SSSR count). The van der Waals surface area contributed by atoms with Crippen molar-refractivity contribution in [3.05, 3.63) is 23.3 Å². The number of aliphatic hydroxyl groups is 1. The molecule has 0 saturated heterocycles. The van der Waals surface area contributed by atoms with Crippen LogP contribution < -0.4 is 10.2 Å². The number of aliphatic hydroxyl groups excluding tert-OH is 1. The summed E-state index contributed by atoms with van der Waals surface area (Å²) in [5.41, 5.74) is 4.02. The molecule has 0 atom stereocenters. The van der Waals surface area contributed by atoms with E-state index in [1.54, 1.807) is 0 Å². The van der Waals surface area contributed by atoms with Crippen LogP contribution in [0.2, 0.25) is 0 Å². The SMILES string of the molecule is CCN(CCO)c1ccc(C)c(NC(C)=O)c1C. The monoisotopic (exact) mass is 250 g/mol. The van der Waals surface area contributed by atoms with E-state index in [1.165, 1.54) is 6.92 Å². The number of carbonyl (C=O) groups is 1. The third-order valence-electron chi connectivity index (χ3n) is 3.04. The average Bonchev–Trinajstić information content (AvgIpc) is 2.32. The summed E-state index contributed by atoms with van der Waals surface area (Å²) in [4.78, 5) is 13.3. The lowest BCUT2D eigenvalue weighted by Crippen LogP contribution is -2.27. The minimum atomic E-state index is -0.0662. The van der Waals surface area contributed by atoms with Crippen LogP contribution in [-0.4, -0.2) is 30.7 Å². The van der Waals surface area contributed by atoms with Crippen LogP contribution in [0.4, 0.5) is 11.4 Å². The second-order valence-electron chi connectivity index (χ2n) is 4.39. The first-order valence-corrected chi connectivity index (χ1v) is 6.24. The van der Waals surface area contributed by atoms with E-state index in [9.17, 15) is 4.79 Å². The van der Waals surface area contributed by atoms with Crippen LogP contribution >= 0.6 is 0 Å². The lowest BCUT2D eigenvalue weighted by Gasteiger charge is -2.26. The van der Waals surface area contributed by atoms with E-state index < -0.39 is 0 Å². The molecule has 18 heavy (non-hydrogen) atoms. The highest BCUT2D eigenvalue weighted by molar-refractivity contribution is 5.91. The number of hydrogen-bond acceptors (Lipinski definition) is 3. The van der Waals surface area contributed by atoms with Crippen molar-refractivity contribution in [2.75, 3.05) is 29.9 Å². The molecule has 0 bridgehead atoms. The van der Waals surface area contributed by atoms with Crippen molar-refractivity contribution in [2.24, 2.45) is 0 Å². The molecular weight excluding hydrogens is 228 g/mol. The minimum Gasteiger partial charge on any atom is -0.395 e. The molecule has 2 N–H and O–H groups in total. The largest absolute Gasteiger partial charge is 0.395 e. The summed E-state index contributed by atoms with van der Waals surface area (Å²) < 4.78 is 0. The predicted molar refractivity (Wildman–Crippen MR) is 75.2 cm³/mol. The van der Waals surface area contributed by atoms with E-state index >= 15 is 0 Å². The van der Waals surface area contributed by atoms with Gasteiger partial charge in [-0.2, -0.15) is 0 Å². The fourth-order valence-corrected chi connectivity index (χ4v) is 2.12. The van der Waals surface area contributed by atoms with Crippen molar-refractivity contribution in [2.45, 2.75) is 27.7 Å². The summed E-state index contributed by atoms with van der Waals surface area (Å²) >= 11 is 0. The first-order valence-electron chi connectivity index (χ1n) is 6.24. The lowest BCUT2D eigenvalue weighted by molar-refractivity contribution is -0.114. The molecule has 0 heterocycles. The van der Waals surface area contributed by atoms with Crippen molar-refractivity contribution >= 4 is 17.3 Å². The summed E-state index contributed by atoms with van der Waals surface area (Å²) in [5, 5.41) is 12.0. The van der Waals surface area contributed by atoms with E-state index in [-0.39, 0.29) is 12.5 Å². The van der Waals surface area contributed by atoms with Gasteiger partial charge in [0.15, 0.2) is 0 Å². The zero-order valence-electron chi connectivity index (χ0n) is 11.6. The lowest BCUT2D eigenvalue weighted by atomic mass is 10.1. The molecular formula is C14H22N2O2. The second-order valence-corrected chi connectivity index (χ2v) is 4.39. The van der Waals surface area contributed by atoms with E-state index in [1.807, 2.05) is 32.9 Å². The number of nitrogens with zero attached hydrogens (tertiary/aromatic N) is 1. The highest BCUT2D eigenvalue weighted by atomic mass is 16.3. The standard InChI is InChI=1S/C14H22N2O2/c1-5-16(8-9-17)13-7-6-10(2)14(11(13)3)15-12(4)18/h6-7,17H,5,8-9H2,1-4H3,(H,15,18). The molecule has 4 nitrogen and oxygen atoms in total. The number of aryl methyl sites for hydroxylation is 1. The van der Waals surface area contributed by atoms with Gasteiger partial charge in [0.1, 0.15) is 0 Å². The predicted octanol–water partition coefficient (Wildman–Crippen LogP) is 2.08. The Morgan fingerprint density at radius 2 is 2.06 bits per heavy atom. The maximum absolute atomic E-state index is 11.2. The minimum absolute atomic E-state index is 0.0662. The number of anilines is 2. The number of carbonyl (C=O) groups excluding carboxylic acids is 1. The third kappa shape index (κ3) is 3.23. The van der Waals surface area contributed by atoms with Gasteiger partial charge in [-0.25, -0.2) is 0 Å². The molecule has 1 aromatic rings. The molecule has 0 radical (unpaired) electrons. The summed E-state index contributed by atoms with van der Waals surface area (Å²) in [6.45, 7) is 9.07. The van der Waals surface area contributed by atoms with E-state index in [4.69, 9.17) is 5.11 Å². The van der Waals surface area contributed by atoms with Gasteiger partial charge in [0.05, 0.1) is 6.61 Å². The molecule has 4 heteroatoms. The van der Waals surface area contributed by atoms with Gasteiger partial charge < -0.3 is 15.3 Å². The van der Waals surface area contributed by atoms with Crippen molar-refractivity contribution < 1.29 is 9.90 Å². The number of nitrogens with one attached hydrogen (secondary N) is 1. The molecule has 1 amide bonds. The van der Waals surface area contributed by atoms with E-state index in [0.29, 0.717) is 6.54 Å². The maximum Gasteiger partial charge on any atom is 0.221 e. The Morgan fingerprint density at radius 1 is 1.39 bits per heavy atom. The number of benzene rings is 1. The van der Waals surface area contributed by atoms with E-state index in [2.05, 4.69) is 10.2 Å². The Balaban J connectivity index is 3.17. The Labute approximate surface area is 109 Å². The van der Waals surface area contributed by atoms with Crippen molar-refractivity contribution in [3.8, 4) is 0 Å². The summed E-state index contributed by atoms with van der Waals surface area (Å²) in [6.07, 6.45) is 0. The van der Waals surface area contributed by atoms with Gasteiger partial charge in [-0.1, -0.05) is 6.07 Å². The van der Waals surface area contributed by atoms with E-state index in [0.717, 1.165) is 29.0 Å². The Kier molecular flexibility index (Phi) is 5.16. The zero-order valence-corrected chi connectivity index (χ0v) is 11.6. The summed E-state index contributed by atoms with van der Waals surface area (Å²) in [5.74, 6) is -0.0662. The van der Waals surface area contributed by atoms with Crippen molar-refractivity contribution in [1.82, 2.24) is 0 Å². The first-order chi connectivity index (χ1) is 8.51. The molecule has 0 aliphatic carbocycles. The van der Waals surface area contributed by atoms with Crippen LogP contribution in [0.5, 0.6) is 0 Å². The fraction of sp³-hybridized carbons (Fsp3) is 0.500. The van der Waals surface area contributed by atoms with Crippen LogP contribution in [0.3, 0.4) is 0 Å². The highest BCUT2D eigenvalue weighted by Crippen LogP contribution is 2.29. The molecule has 100 valence electrons. The molecule has 0 aromatic heterocycles. The number of hydrogen-bond donors (Lipinski definition) is 2. The first kappa shape index (κ1) is 14.5. The smallest absolute Gasteiger partial charge is 0.221 e. The van der Waals surface area contributed by atoms with Crippen LogP contribution in [-0.2, 0) is 4.79 Å². The molecule has 0 aliphatic rings. The summed E-state index contributed by atoms with van der Waals surface area (Å²) in [6, 6.07) is 4.03. The molecule has 1 aromatic carbocycles. The average molecular weight is 250 g/mol. The molecule has 0 saturated carbocycles. The molecule has 0 fully saturated rings. The van der Waals surface area contributed by atoms with Gasteiger partial charge in [-0.15, -0.1) is 0 Å². The van der Waals surface area contributed by atoms with Gasteiger partial charge in [-0.3, -0.25) is 4.79 Å². The molecule has 0 unspecified atom stereocenters. The number of likely N-dealkylation sites (N-methyl/N-ethyl adjacent to an activating group) is 1. The maximum atomic E-state index is 11.2. The van der Waals surface area contributed by atoms with Crippen LogP contribution in [0.1, 0.15) is 25.0 Å². The Morgan fingerprint density at radius 3 is 2.56 bits per heavy atom. The zero-order chi connectivity index (χ0) is 13.7. The Hall–Kier alpha value is -1.55. The fourth-order valence-electron chi connectivity index (χ4n) is 2.12. The molecule has 0 spiro atoms. The van der Waals surface area contributed by atoms with Crippen LogP contribution in [0, 0.1) is 13.8 Å². The third-order valence-corrected chi connectivity index (χ3v) is 3.04. The quantitative estimate of drug-likeness (QED) is 0.841. The van der Waals surface area contributed by atoms with Gasteiger partial charge in [0, 0.05) is 31.4 Å².